The van der Waals surface area contributed by atoms with Crippen LogP contribution in [0.25, 0.3) is 0 Å². The molecule has 0 unspecified atom stereocenters. The van der Waals surface area contributed by atoms with E-state index in [1.807, 2.05) is 0 Å². The van der Waals surface area contributed by atoms with Crippen LogP contribution in [-0.4, -0.2) is 35.2 Å². The van der Waals surface area contributed by atoms with Gasteiger partial charge in [0.1, 0.15) is 0 Å². The lowest BCUT2D eigenvalue weighted by atomic mass is 9.71. The normalized spacial score (nSPS) is 28.6. The monoisotopic (exact) mass is 183 g/mol. The summed E-state index contributed by atoms with van der Waals surface area (Å²) in [5.41, 5.74) is -0.394. The second kappa shape index (κ2) is 2.71. The minimum absolute atomic E-state index is 0.0348. The Bertz CT molecular complexity index is 197. The Labute approximate surface area is 80.9 Å². The third-order valence-corrected chi connectivity index (χ3v) is 3.58. The first-order valence-corrected chi connectivity index (χ1v) is 5.35. The highest BCUT2D eigenvalue weighted by Gasteiger charge is 2.50. The van der Waals surface area contributed by atoms with Gasteiger partial charge in [0.25, 0.3) is 0 Å². The summed E-state index contributed by atoms with van der Waals surface area (Å²) in [5, 5.41) is 10.2. The van der Waals surface area contributed by atoms with Gasteiger partial charge in [0, 0.05) is 19.6 Å². The zero-order valence-corrected chi connectivity index (χ0v) is 9.01. The highest BCUT2D eigenvalue weighted by Crippen LogP contribution is 2.40. The fourth-order valence-electron chi connectivity index (χ4n) is 1.96. The molecule has 0 amide bonds. The summed E-state index contributed by atoms with van der Waals surface area (Å²) in [7, 11) is 0. The minimum atomic E-state index is -0.429. The van der Waals surface area contributed by atoms with Gasteiger partial charge in [0.05, 0.1) is 5.60 Å². The molecule has 0 radical (unpaired) electrons. The molecule has 0 bridgehead atoms. The molecule has 1 aliphatic carbocycles. The van der Waals surface area contributed by atoms with Crippen LogP contribution < -0.4 is 0 Å². The van der Waals surface area contributed by atoms with Crippen LogP contribution in [0.15, 0.2) is 0 Å². The van der Waals surface area contributed by atoms with Crippen LogP contribution in [0.3, 0.4) is 0 Å². The molecule has 0 aromatic rings. The molecular weight excluding hydrogens is 162 g/mol. The van der Waals surface area contributed by atoms with Crippen LogP contribution in [0.2, 0.25) is 0 Å². The first-order chi connectivity index (χ1) is 5.91. The van der Waals surface area contributed by atoms with Crippen molar-refractivity contribution in [3.8, 4) is 0 Å². The Hall–Kier alpha value is -0.0800. The van der Waals surface area contributed by atoms with Gasteiger partial charge < -0.3 is 5.11 Å². The van der Waals surface area contributed by atoms with Gasteiger partial charge >= 0.3 is 0 Å². The molecule has 0 aromatic carbocycles. The van der Waals surface area contributed by atoms with E-state index in [0.29, 0.717) is 0 Å². The second-order valence-electron chi connectivity index (χ2n) is 5.89. The lowest BCUT2D eigenvalue weighted by Crippen LogP contribution is -2.67. The van der Waals surface area contributed by atoms with Gasteiger partial charge in [-0.15, -0.1) is 0 Å². The van der Waals surface area contributed by atoms with Crippen molar-refractivity contribution < 1.29 is 5.11 Å². The molecule has 1 saturated heterocycles. The first-order valence-electron chi connectivity index (χ1n) is 5.35. The summed E-state index contributed by atoms with van der Waals surface area (Å²) < 4.78 is 0. The number of nitrogens with zero attached hydrogens (tertiary/aromatic N) is 1. The molecule has 2 heteroatoms. The maximum atomic E-state index is 10.2. The maximum absolute atomic E-state index is 10.2. The van der Waals surface area contributed by atoms with E-state index < -0.39 is 5.60 Å². The third-order valence-electron chi connectivity index (χ3n) is 3.58. The molecular formula is C11H21NO. The summed E-state index contributed by atoms with van der Waals surface area (Å²) >= 11 is 0. The van der Waals surface area contributed by atoms with Crippen molar-refractivity contribution in [1.82, 2.24) is 4.90 Å². The predicted molar refractivity (Wildman–Crippen MR) is 53.6 cm³/mol. The summed E-state index contributed by atoms with van der Waals surface area (Å²) in [6.45, 7) is 9.36. The fourth-order valence-corrected chi connectivity index (χ4v) is 1.96. The standard InChI is InChI=1S/C11H21NO/c1-10(2,3)11(13)7-12(8-11)6-9-4-5-9/h9,13H,4-8H2,1-3H3. The average Bonchev–Trinajstić information content (AvgIpc) is 2.65. The zero-order chi connectivity index (χ0) is 9.69. The van der Waals surface area contributed by atoms with Crippen molar-refractivity contribution in [1.29, 1.82) is 0 Å². The largest absolute Gasteiger partial charge is 0.387 e. The van der Waals surface area contributed by atoms with Crippen LogP contribution >= 0.6 is 0 Å². The van der Waals surface area contributed by atoms with E-state index in [0.717, 1.165) is 19.0 Å². The molecule has 76 valence electrons. The highest BCUT2D eigenvalue weighted by molar-refractivity contribution is 5.03. The van der Waals surface area contributed by atoms with E-state index in [9.17, 15) is 5.11 Å². The molecule has 2 fully saturated rings. The first kappa shape index (κ1) is 9.47. The Kier molecular flexibility index (Phi) is 1.97. The molecule has 2 nitrogen and oxygen atoms in total. The Morgan fingerprint density at radius 2 is 1.85 bits per heavy atom. The van der Waals surface area contributed by atoms with Gasteiger partial charge in [-0.25, -0.2) is 0 Å². The Morgan fingerprint density at radius 1 is 1.31 bits per heavy atom. The van der Waals surface area contributed by atoms with Gasteiger partial charge in [-0.05, 0) is 24.2 Å². The van der Waals surface area contributed by atoms with E-state index in [1.165, 1.54) is 19.4 Å². The quantitative estimate of drug-likeness (QED) is 0.701. The van der Waals surface area contributed by atoms with Crippen molar-refractivity contribution in [2.45, 2.75) is 39.2 Å². The topological polar surface area (TPSA) is 23.5 Å². The van der Waals surface area contributed by atoms with Gasteiger partial charge in [-0.1, -0.05) is 20.8 Å². The molecule has 1 aliphatic heterocycles. The zero-order valence-electron chi connectivity index (χ0n) is 9.01. The SMILES string of the molecule is CC(C)(C)C1(O)CN(CC2CC2)C1. The molecule has 0 atom stereocenters. The molecule has 2 aliphatic rings. The van der Waals surface area contributed by atoms with Gasteiger partial charge in [0.15, 0.2) is 0 Å². The summed E-state index contributed by atoms with van der Waals surface area (Å²) in [6, 6.07) is 0. The van der Waals surface area contributed by atoms with Crippen LogP contribution in [0.5, 0.6) is 0 Å². The van der Waals surface area contributed by atoms with Crippen molar-refractivity contribution in [3.63, 3.8) is 0 Å². The van der Waals surface area contributed by atoms with E-state index in [2.05, 4.69) is 25.7 Å². The highest BCUT2D eigenvalue weighted by atomic mass is 16.3. The molecule has 0 aromatic heterocycles. The van der Waals surface area contributed by atoms with E-state index in [1.54, 1.807) is 0 Å². The fraction of sp³-hybridized carbons (Fsp3) is 1.00. The van der Waals surface area contributed by atoms with E-state index >= 15 is 0 Å². The number of aliphatic hydroxyl groups is 1. The second-order valence-corrected chi connectivity index (χ2v) is 5.89. The lowest BCUT2D eigenvalue weighted by molar-refractivity contribution is -0.163. The summed E-state index contributed by atoms with van der Waals surface area (Å²) in [6.07, 6.45) is 2.81. The summed E-state index contributed by atoms with van der Waals surface area (Å²) in [4.78, 5) is 2.39. The van der Waals surface area contributed by atoms with Crippen molar-refractivity contribution in [2.75, 3.05) is 19.6 Å². The average molecular weight is 183 g/mol. The third kappa shape index (κ3) is 1.75. The molecule has 1 N–H and O–H groups in total. The Morgan fingerprint density at radius 3 is 2.23 bits per heavy atom. The van der Waals surface area contributed by atoms with E-state index in [-0.39, 0.29) is 5.41 Å². The predicted octanol–water partition coefficient (Wildman–Crippen LogP) is 1.49. The number of hydrogen-bond donors (Lipinski definition) is 1. The number of likely N-dealkylation sites (tertiary alicyclic amines) is 1. The number of hydrogen-bond acceptors (Lipinski definition) is 2. The number of rotatable bonds is 2. The summed E-state index contributed by atoms with van der Waals surface area (Å²) in [5.74, 6) is 0.949. The minimum Gasteiger partial charge on any atom is -0.387 e. The van der Waals surface area contributed by atoms with Crippen molar-refractivity contribution in [2.24, 2.45) is 11.3 Å². The molecule has 2 rings (SSSR count). The molecule has 1 saturated carbocycles. The van der Waals surface area contributed by atoms with Gasteiger partial charge in [0.2, 0.25) is 0 Å². The number of β-amino-alcohol motifs (C(OH)–C–C–N with tert-alkyl or cyclic N) is 1. The van der Waals surface area contributed by atoms with Crippen LogP contribution in [0, 0.1) is 11.3 Å². The van der Waals surface area contributed by atoms with Crippen LogP contribution in [0.4, 0.5) is 0 Å². The molecule has 13 heavy (non-hydrogen) atoms. The lowest BCUT2D eigenvalue weighted by Gasteiger charge is -2.54. The van der Waals surface area contributed by atoms with Crippen molar-refractivity contribution in [3.05, 3.63) is 0 Å². The van der Waals surface area contributed by atoms with Gasteiger partial charge in [-0.3, -0.25) is 4.90 Å². The Balaban J connectivity index is 1.81. The van der Waals surface area contributed by atoms with Crippen LogP contribution in [0.1, 0.15) is 33.6 Å². The molecule has 0 spiro atoms. The van der Waals surface area contributed by atoms with Crippen LogP contribution in [-0.2, 0) is 0 Å². The van der Waals surface area contributed by atoms with E-state index in [4.69, 9.17) is 0 Å². The maximum Gasteiger partial charge on any atom is 0.0947 e. The molecule has 1 heterocycles. The smallest absolute Gasteiger partial charge is 0.0947 e. The van der Waals surface area contributed by atoms with Gasteiger partial charge in [-0.2, -0.15) is 0 Å². The van der Waals surface area contributed by atoms with Crippen molar-refractivity contribution >= 4 is 0 Å².